The Balaban J connectivity index is 1.63. The maximum atomic E-state index is 11.8. The Bertz CT molecular complexity index is 704. The SMILES string of the molecule is Cc1nc(CN2CCC(N(C)Cc3ccccc3)CC2C(=O)O)cs1. The van der Waals surface area contributed by atoms with Gasteiger partial charge in [-0.25, -0.2) is 4.98 Å². The van der Waals surface area contributed by atoms with Gasteiger partial charge in [0.15, 0.2) is 0 Å². The van der Waals surface area contributed by atoms with E-state index in [1.165, 1.54) is 5.56 Å². The summed E-state index contributed by atoms with van der Waals surface area (Å²) >= 11 is 1.62. The molecule has 2 unspecified atom stereocenters. The smallest absolute Gasteiger partial charge is 0.320 e. The van der Waals surface area contributed by atoms with Crippen molar-refractivity contribution in [3.05, 3.63) is 52.0 Å². The number of hydrogen-bond donors (Lipinski definition) is 1. The van der Waals surface area contributed by atoms with Gasteiger partial charge < -0.3 is 5.11 Å². The summed E-state index contributed by atoms with van der Waals surface area (Å²) in [6, 6.07) is 10.2. The van der Waals surface area contributed by atoms with E-state index >= 15 is 0 Å². The molecule has 0 spiro atoms. The average Bonchev–Trinajstić information content (AvgIpc) is 3.00. The van der Waals surface area contributed by atoms with Gasteiger partial charge >= 0.3 is 5.97 Å². The van der Waals surface area contributed by atoms with Gasteiger partial charge in [0.2, 0.25) is 0 Å². The van der Waals surface area contributed by atoms with Crippen LogP contribution in [0.5, 0.6) is 0 Å². The van der Waals surface area contributed by atoms with Crippen LogP contribution in [-0.2, 0) is 17.9 Å². The molecule has 2 atom stereocenters. The predicted molar refractivity (Wildman–Crippen MR) is 99.6 cm³/mol. The molecule has 3 rings (SSSR count). The zero-order chi connectivity index (χ0) is 17.8. The van der Waals surface area contributed by atoms with Crippen LogP contribution in [0.25, 0.3) is 0 Å². The van der Waals surface area contributed by atoms with E-state index in [-0.39, 0.29) is 6.04 Å². The van der Waals surface area contributed by atoms with Crippen LogP contribution in [0.1, 0.15) is 29.1 Å². The van der Waals surface area contributed by atoms with E-state index in [1.54, 1.807) is 11.3 Å². The van der Waals surface area contributed by atoms with Crippen LogP contribution in [0.2, 0.25) is 0 Å². The van der Waals surface area contributed by atoms with Crippen LogP contribution in [0.3, 0.4) is 0 Å². The largest absolute Gasteiger partial charge is 0.480 e. The molecular formula is C19H25N3O2S. The second-order valence-corrected chi connectivity index (χ2v) is 7.82. The Kier molecular flexibility index (Phi) is 5.83. The first-order valence-electron chi connectivity index (χ1n) is 8.65. The van der Waals surface area contributed by atoms with Crippen molar-refractivity contribution in [1.82, 2.24) is 14.8 Å². The lowest BCUT2D eigenvalue weighted by Gasteiger charge is -2.40. The van der Waals surface area contributed by atoms with Gasteiger partial charge in [0.1, 0.15) is 6.04 Å². The summed E-state index contributed by atoms with van der Waals surface area (Å²) in [7, 11) is 2.09. The number of thiazole rings is 1. The zero-order valence-electron chi connectivity index (χ0n) is 14.8. The first-order chi connectivity index (χ1) is 12.0. The molecule has 2 heterocycles. The number of likely N-dealkylation sites (tertiary alicyclic amines) is 1. The standard InChI is InChI=1S/C19H25N3O2S/c1-14-20-16(13-25-14)12-22-9-8-17(10-18(22)19(23)24)21(2)11-15-6-4-3-5-7-15/h3-7,13,17-18H,8-12H2,1-2H3,(H,23,24). The highest BCUT2D eigenvalue weighted by Gasteiger charge is 2.35. The van der Waals surface area contributed by atoms with Crippen molar-refractivity contribution in [3.63, 3.8) is 0 Å². The summed E-state index contributed by atoms with van der Waals surface area (Å²) in [5.74, 6) is -0.732. The lowest BCUT2D eigenvalue weighted by Crippen LogP contribution is -2.51. The van der Waals surface area contributed by atoms with Crippen LogP contribution >= 0.6 is 11.3 Å². The fourth-order valence-electron chi connectivity index (χ4n) is 3.53. The summed E-state index contributed by atoms with van der Waals surface area (Å²) < 4.78 is 0. The van der Waals surface area contributed by atoms with Crippen molar-refractivity contribution in [2.75, 3.05) is 13.6 Å². The first kappa shape index (κ1) is 18.0. The molecule has 5 nitrogen and oxygen atoms in total. The van der Waals surface area contributed by atoms with Gasteiger partial charge in [-0.2, -0.15) is 0 Å². The van der Waals surface area contributed by atoms with Crippen LogP contribution in [0, 0.1) is 6.92 Å². The average molecular weight is 359 g/mol. The minimum Gasteiger partial charge on any atom is -0.480 e. The number of piperidine rings is 1. The highest BCUT2D eigenvalue weighted by atomic mass is 32.1. The summed E-state index contributed by atoms with van der Waals surface area (Å²) in [5, 5.41) is 12.8. The number of nitrogens with zero attached hydrogens (tertiary/aromatic N) is 3. The number of carboxylic acid groups (broad SMARTS) is 1. The first-order valence-corrected chi connectivity index (χ1v) is 9.53. The quantitative estimate of drug-likeness (QED) is 0.859. The number of carboxylic acids is 1. The highest BCUT2D eigenvalue weighted by Crippen LogP contribution is 2.25. The third-order valence-corrected chi connectivity index (χ3v) is 5.72. The molecule has 0 bridgehead atoms. The number of aromatic nitrogens is 1. The Morgan fingerprint density at radius 1 is 1.40 bits per heavy atom. The molecule has 25 heavy (non-hydrogen) atoms. The number of rotatable bonds is 6. The maximum Gasteiger partial charge on any atom is 0.320 e. The van der Waals surface area contributed by atoms with Crippen LogP contribution < -0.4 is 0 Å². The van der Waals surface area contributed by atoms with Crippen molar-refractivity contribution < 1.29 is 9.90 Å². The molecular weight excluding hydrogens is 334 g/mol. The minimum absolute atomic E-state index is 0.287. The van der Waals surface area contributed by atoms with E-state index in [9.17, 15) is 9.90 Å². The van der Waals surface area contributed by atoms with Crippen molar-refractivity contribution in [1.29, 1.82) is 0 Å². The van der Waals surface area contributed by atoms with Crippen molar-refractivity contribution in [3.8, 4) is 0 Å². The zero-order valence-corrected chi connectivity index (χ0v) is 15.6. The van der Waals surface area contributed by atoms with E-state index in [2.05, 4.69) is 34.0 Å². The van der Waals surface area contributed by atoms with Gasteiger partial charge in [-0.05, 0) is 32.4 Å². The van der Waals surface area contributed by atoms with Crippen LogP contribution in [0.15, 0.2) is 35.7 Å². The molecule has 1 N–H and O–H groups in total. The molecule has 0 radical (unpaired) electrons. The van der Waals surface area contributed by atoms with Crippen molar-refractivity contribution in [2.24, 2.45) is 0 Å². The fraction of sp³-hybridized carbons (Fsp3) is 0.474. The second kappa shape index (κ2) is 8.08. The molecule has 1 aliphatic heterocycles. The van der Waals surface area contributed by atoms with Crippen molar-refractivity contribution in [2.45, 2.75) is 44.9 Å². The van der Waals surface area contributed by atoms with Gasteiger partial charge in [-0.1, -0.05) is 30.3 Å². The molecule has 0 amide bonds. The number of carbonyl (C=O) groups is 1. The topological polar surface area (TPSA) is 56.7 Å². The molecule has 1 aromatic carbocycles. The van der Waals surface area contributed by atoms with Gasteiger partial charge in [0.05, 0.1) is 10.7 Å². The number of aryl methyl sites for hydroxylation is 1. The molecule has 1 aromatic heterocycles. The summed E-state index contributed by atoms with van der Waals surface area (Å²) in [6.45, 7) is 4.24. The van der Waals surface area contributed by atoms with Crippen LogP contribution in [-0.4, -0.2) is 51.5 Å². The van der Waals surface area contributed by atoms with E-state index in [1.807, 2.05) is 30.5 Å². The third-order valence-electron chi connectivity index (χ3n) is 4.90. The van der Waals surface area contributed by atoms with Gasteiger partial charge in [0, 0.05) is 31.1 Å². The molecule has 2 aromatic rings. The molecule has 6 heteroatoms. The van der Waals surface area contributed by atoms with E-state index in [0.29, 0.717) is 13.0 Å². The lowest BCUT2D eigenvalue weighted by atomic mass is 9.95. The number of aliphatic carboxylic acids is 1. The highest BCUT2D eigenvalue weighted by molar-refractivity contribution is 7.09. The van der Waals surface area contributed by atoms with Crippen molar-refractivity contribution >= 4 is 17.3 Å². The van der Waals surface area contributed by atoms with E-state index in [4.69, 9.17) is 0 Å². The molecule has 134 valence electrons. The molecule has 0 saturated carbocycles. The summed E-state index contributed by atoms with van der Waals surface area (Å²) in [5.41, 5.74) is 2.24. The molecule has 1 saturated heterocycles. The van der Waals surface area contributed by atoms with E-state index in [0.717, 1.165) is 30.2 Å². The fourth-order valence-corrected chi connectivity index (χ4v) is 4.14. The normalized spacial score (nSPS) is 21.6. The minimum atomic E-state index is -0.732. The molecule has 1 aliphatic rings. The monoisotopic (exact) mass is 359 g/mol. The summed E-state index contributed by atoms with van der Waals surface area (Å²) in [6.07, 6.45) is 1.64. The number of benzene rings is 1. The van der Waals surface area contributed by atoms with E-state index < -0.39 is 12.0 Å². The Labute approximate surface area is 152 Å². The second-order valence-electron chi connectivity index (χ2n) is 6.76. The third kappa shape index (κ3) is 4.66. The number of hydrogen-bond acceptors (Lipinski definition) is 5. The summed E-state index contributed by atoms with van der Waals surface area (Å²) in [4.78, 5) is 20.6. The lowest BCUT2D eigenvalue weighted by molar-refractivity contribution is -0.146. The maximum absolute atomic E-state index is 11.8. The Morgan fingerprint density at radius 2 is 2.16 bits per heavy atom. The van der Waals surface area contributed by atoms with Crippen LogP contribution in [0.4, 0.5) is 0 Å². The van der Waals surface area contributed by atoms with Gasteiger partial charge in [-0.15, -0.1) is 11.3 Å². The predicted octanol–water partition coefficient (Wildman–Crippen LogP) is 3.00. The Hall–Kier alpha value is -1.76. The molecule has 0 aliphatic carbocycles. The van der Waals surface area contributed by atoms with Gasteiger partial charge in [-0.3, -0.25) is 14.6 Å². The van der Waals surface area contributed by atoms with Gasteiger partial charge in [0.25, 0.3) is 0 Å². The Morgan fingerprint density at radius 3 is 2.80 bits per heavy atom. The molecule has 1 fully saturated rings.